The van der Waals surface area contributed by atoms with Crippen LogP contribution < -0.4 is 5.32 Å². The number of rotatable bonds is 6. The van der Waals surface area contributed by atoms with E-state index in [0.29, 0.717) is 29.7 Å². The highest BCUT2D eigenvalue weighted by Crippen LogP contribution is 2.29. The van der Waals surface area contributed by atoms with Gasteiger partial charge in [-0.3, -0.25) is 15.0 Å². The van der Waals surface area contributed by atoms with Crippen LogP contribution in [0.3, 0.4) is 0 Å². The number of thiazole rings is 1. The molecule has 0 spiro atoms. The third-order valence-corrected chi connectivity index (χ3v) is 9.53. The van der Waals surface area contributed by atoms with Crippen LogP contribution in [0.15, 0.2) is 59.5 Å². The maximum Gasteiger partial charge on any atom is 0.257 e. The number of hydrogen-bond donors (Lipinski definition) is 1. The lowest BCUT2D eigenvalue weighted by Gasteiger charge is -2.30. The van der Waals surface area contributed by atoms with E-state index in [9.17, 15) is 13.2 Å². The average molecular weight is 547 g/mol. The van der Waals surface area contributed by atoms with Crippen LogP contribution in [0.5, 0.6) is 0 Å². The molecule has 0 aliphatic carbocycles. The summed E-state index contributed by atoms with van der Waals surface area (Å²) >= 11 is 1.51. The van der Waals surface area contributed by atoms with Gasteiger partial charge in [0.15, 0.2) is 5.13 Å². The number of sulfonamides is 1. The van der Waals surface area contributed by atoms with Crippen molar-refractivity contribution in [1.82, 2.24) is 14.2 Å². The summed E-state index contributed by atoms with van der Waals surface area (Å²) in [5.74, 6) is 0.0749. The lowest BCUT2D eigenvalue weighted by molar-refractivity contribution is 0.102. The Labute approximate surface area is 223 Å². The van der Waals surface area contributed by atoms with E-state index < -0.39 is 10.0 Å². The zero-order valence-corrected chi connectivity index (χ0v) is 22.7. The molecule has 3 aromatic rings. The predicted molar refractivity (Wildman–Crippen MR) is 145 cm³/mol. The largest absolute Gasteiger partial charge is 0.298 e. The summed E-state index contributed by atoms with van der Waals surface area (Å²) in [7, 11) is -3.54. The third-order valence-electron chi connectivity index (χ3n) is 6.65. The van der Waals surface area contributed by atoms with E-state index in [4.69, 9.17) is 0 Å². The van der Waals surface area contributed by atoms with Crippen molar-refractivity contribution in [2.75, 3.05) is 25.0 Å². The maximum absolute atomic E-state index is 13.0. The van der Waals surface area contributed by atoms with Gasteiger partial charge in [-0.25, -0.2) is 13.4 Å². The van der Waals surface area contributed by atoms with Crippen molar-refractivity contribution < 1.29 is 13.2 Å². The normalized spacial score (nSPS) is 18.8. The smallest absolute Gasteiger partial charge is 0.257 e. The number of fused-ring (bicyclic) bond motifs is 1. The molecule has 0 radical (unpaired) electrons. The summed E-state index contributed by atoms with van der Waals surface area (Å²) in [5.41, 5.74) is 2.75. The van der Waals surface area contributed by atoms with Crippen molar-refractivity contribution in [2.45, 2.75) is 44.2 Å². The fraction of sp³-hybridized carbons (Fsp3) is 0.385. The van der Waals surface area contributed by atoms with Crippen molar-refractivity contribution >= 4 is 44.8 Å². The number of halogens is 1. The molecule has 1 amide bonds. The van der Waals surface area contributed by atoms with Gasteiger partial charge < -0.3 is 0 Å². The summed E-state index contributed by atoms with van der Waals surface area (Å²) in [6, 6.07) is 16.6. The fourth-order valence-electron chi connectivity index (χ4n) is 4.74. The highest BCUT2D eigenvalue weighted by Gasteiger charge is 2.29. The second kappa shape index (κ2) is 11.4. The van der Waals surface area contributed by atoms with Crippen LogP contribution in [0.25, 0.3) is 0 Å². The number of nitrogens with one attached hydrogen (secondary N) is 1. The first-order valence-electron chi connectivity index (χ1n) is 12.0. The molecule has 2 aromatic carbocycles. The number of aromatic nitrogens is 1. The Hall–Kier alpha value is -2.30. The van der Waals surface area contributed by atoms with Crippen LogP contribution >= 0.6 is 23.7 Å². The Morgan fingerprint density at radius 2 is 1.86 bits per heavy atom. The molecular formula is C26H31ClN4O3S2. The van der Waals surface area contributed by atoms with Gasteiger partial charge in [-0.15, -0.1) is 23.7 Å². The van der Waals surface area contributed by atoms with Crippen LogP contribution in [0.4, 0.5) is 5.13 Å². The lowest BCUT2D eigenvalue weighted by Crippen LogP contribution is -2.39. The molecule has 1 saturated heterocycles. The monoisotopic (exact) mass is 546 g/mol. The third kappa shape index (κ3) is 5.98. The number of anilines is 1. The van der Waals surface area contributed by atoms with Gasteiger partial charge in [0.25, 0.3) is 5.91 Å². The molecule has 1 atom stereocenters. The van der Waals surface area contributed by atoms with Gasteiger partial charge in [0.2, 0.25) is 10.0 Å². The summed E-state index contributed by atoms with van der Waals surface area (Å²) < 4.78 is 27.5. The van der Waals surface area contributed by atoms with Gasteiger partial charge in [-0.1, -0.05) is 37.3 Å². The van der Waals surface area contributed by atoms with Gasteiger partial charge in [0.05, 0.1) is 10.6 Å². The number of piperidine rings is 1. The van der Waals surface area contributed by atoms with Gasteiger partial charge in [-0.2, -0.15) is 4.31 Å². The van der Waals surface area contributed by atoms with Crippen molar-refractivity contribution in [3.63, 3.8) is 0 Å². The van der Waals surface area contributed by atoms with Crippen LogP contribution in [0.2, 0.25) is 0 Å². The molecule has 1 unspecified atom stereocenters. The number of hydrogen-bond acceptors (Lipinski definition) is 6. The van der Waals surface area contributed by atoms with E-state index in [0.717, 1.165) is 44.6 Å². The van der Waals surface area contributed by atoms with Crippen molar-refractivity contribution in [2.24, 2.45) is 5.92 Å². The summed E-state index contributed by atoms with van der Waals surface area (Å²) in [4.78, 5) is 21.3. The molecule has 10 heteroatoms. The van der Waals surface area contributed by atoms with Gasteiger partial charge in [-0.05, 0) is 48.6 Å². The second-order valence-corrected chi connectivity index (χ2v) is 12.4. The molecule has 0 saturated carbocycles. The number of carbonyl (C=O) groups is 1. The van der Waals surface area contributed by atoms with E-state index in [2.05, 4.69) is 46.4 Å². The molecule has 7 nitrogen and oxygen atoms in total. The molecule has 5 rings (SSSR count). The SMILES string of the molecule is CC1CCCN(S(=O)(=O)c2ccc(C(=O)Nc3nc4c(s3)CN(Cc3ccccc3)CC4)cc2)C1.Cl. The second-order valence-electron chi connectivity index (χ2n) is 9.42. The Balaban J connectivity index is 0.00000304. The Kier molecular flexibility index (Phi) is 8.47. The van der Waals surface area contributed by atoms with Gasteiger partial charge in [0, 0.05) is 49.6 Å². The van der Waals surface area contributed by atoms with Crippen LogP contribution in [0, 0.1) is 5.92 Å². The first-order valence-corrected chi connectivity index (χ1v) is 14.3. The molecule has 1 fully saturated rings. The molecular weight excluding hydrogens is 516 g/mol. The molecule has 36 heavy (non-hydrogen) atoms. The molecule has 3 heterocycles. The number of benzene rings is 2. The van der Waals surface area contributed by atoms with E-state index in [1.165, 1.54) is 33.9 Å². The summed E-state index contributed by atoms with van der Waals surface area (Å²) in [6.07, 6.45) is 2.79. The van der Waals surface area contributed by atoms with E-state index in [1.807, 2.05) is 6.07 Å². The summed E-state index contributed by atoms with van der Waals surface area (Å²) in [6.45, 7) is 5.82. The van der Waals surface area contributed by atoms with Gasteiger partial charge >= 0.3 is 0 Å². The zero-order chi connectivity index (χ0) is 24.4. The minimum Gasteiger partial charge on any atom is -0.298 e. The first-order chi connectivity index (χ1) is 16.9. The molecule has 2 aliphatic rings. The minimum absolute atomic E-state index is 0. The number of carbonyl (C=O) groups excluding carboxylic acids is 1. The van der Waals surface area contributed by atoms with E-state index in [-0.39, 0.29) is 23.2 Å². The van der Waals surface area contributed by atoms with Crippen molar-refractivity contribution in [1.29, 1.82) is 0 Å². The quantitative estimate of drug-likeness (QED) is 0.480. The fourth-order valence-corrected chi connectivity index (χ4v) is 7.38. The Bertz CT molecular complexity index is 1300. The number of amides is 1. The molecule has 0 bridgehead atoms. The lowest BCUT2D eigenvalue weighted by atomic mass is 10.0. The van der Waals surface area contributed by atoms with Crippen molar-refractivity contribution in [3.05, 3.63) is 76.3 Å². The van der Waals surface area contributed by atoms with E-state index >= 15 is 0 Å². The highest BCUT2D eigenvalue weighted by atomic mass is 35.5. The standard InChI is InChI=1S/C26H30N4O3S2.ClH/c1-19-6-5-14-30(16-19)35(32,33)22-11-9-21(10-12-22)25(31)28-26-27-23-13-15-29(18-24(23)34-26)17-20-7-3-2-4-8-20;/h2-4,7-12,19H,5-6,13-18H2,1H3,(H,27,28,31);1H. The minimum atomic E-state index is -3.54. The molecule has 1 aromatic heterocycles. The Morgan fingerprint density at radius 1 is 1.11 bits per heavy atom. The van der Waals surface area contributed by atoms with Gasteiger partial charge in [0.1, 0.15) is 0 Å². The number of nitrogens with zero attached hydrogens (tertiary/aromatic N) is 3. The first kappa shape index (κ1) is 26.8. The molecule has 2 aliphatic heterocycles. The maximum atomic E-state index is 13.0. The highest BCUT2D eigenvalue weighted by molar-refractivity contribution is 7.89. The predicted octanol–water partition coefficient (Wildman–Crippen LogP) is 4.80. The summed E-state index contributed by atoms with van der Waals surface area (Å²) in [5, 5.41) is 3.48. The molecule has 192 valence electrons. The zero-order valence-electron chi connectivity index (χ0n) is 20.2. The van der Waals surface area contributed by atoms with Crippen LogP contribution in [-0.4, -0.2) is 48.1 Å². The topological polar surface area (TPSA) is 82.6 Å². The van der Waals surface area contributed by atoms with Crippen molar-refractivity contribution in [3.8, 4) is 0 Å². The average Bonchev–Trinajstić information content (AvgIpc) is 3.26. The van der Waals surface area contributed by atoms with E-state index in [1.54, 1.807) is 16.4 Å². The Morgan fingerprint density at radius 3 is 2.58 bits per heavy atom. The van der Waals surface area contributed by atoms with Crippen LogP contribution in [-0.2, 0) is 29.5 Å². The molecule has 1 N–H and O–H groups in total. The van der Waals surface area contributed by atoms with Crippen LogP contribution in [0.1, 0.15) is 46.3 Å².